The fraction of sp³-hybridized carbons (Fsp3) is 0.176. The van der Waals surface area contributed by atoms with Crippen molar-refractivity contribution in [1.29, 1.82) is 0 Å². The highest BCUT2D eigenvalue weighted by Crippen LogP contribution is 2.41. The van der Waals surface area contributed by atoms with E-state index in [1.165, 1.54) is 31.6 Å². The standard InChI is InChI=1S/C17H15BBrFN4O4S/c1-17(18,8-5-22-15(21)23-6-8)28-9-3-7(11(19)12(20)13(9)25)4-10-14(26)24(2)16(27)29-10/h3-6,25H,18H2,1-2H3,(H2,21,22,23)/b10-4-. The molecule has 3 N–H and O–H groups in total. The van der Waals surface area contributed by atoms with Gasteiger partial charge in [-0.3, -0.25) is 14.5 Å². The van der Waals surface area contributed by atoms with Crippen LogP contribution in [-0.2, 0) is 10.3 Å². The van der Waals surface area contributed by atoms with Crippen molar-refractivity contribution in [2.75, 3.05) is 12.8 Å². The number of benzene rings is 1. The highest BCUT2D eigenvalue weighted by molar-refractivity contribution is 9.10. The van der Waals surface area contributed by atoms with Gasteiger partial charge in [0.2, 0.25) is 5.95 Å². The zero-order chi connectivity index (χ0) is 21.5. The summed E-state index contributed by atoms with van der Waals surface area (Å²) in [5.41, 5.74) is 5.22. The minimum Gasteiger partial charge on any atom is -0.502 e. The number of nitrogen functional groups attached to an aromatic ring is 1. The van der Waals surface area contributed by atoms with E-state index in [-0.39, 0.29) is 26.6 Å². The van der Waals surface area contributed by atoms with E-state index in [4.69, 9.17) is 10.5 Å². The number of phenols is 1. The monoisotopic (exact) mass is 480 g/mol. The van der Waals surface area contributed by atoms with Crippen LogP contribution in [0.25, 0.3) is 6.08 Å². The number of likely N-dealkylation sites (N-methyl/N-ethyl adjacent to an activating group) is 1. The van der Waals surface area contributed by atoms with Crippen molar-refractivity contribution in [3.05, 3.63) is 44.8 Å². The van der Waals surface area contributed by atoms with E-state index in [1.807, 2.05) is 0 Å². The molecule has 0 radical (unpaired) electrons. The van der Waals surface area contributed by atoms with Crippen LogP contribution < -0.4 is 10.5 Å². The second kappa shape index (κ2) is 7.67. The molecule has 8 nitrogen and oxygen atoms in total. The molecule has 1 unspecified atom stereocenters. The lowest BCUT2D eigenvalue weighted by Crippen LogP contribution is -2.30. The lowest BCUT2D eigenvalue weighted by atomic mass is 9.78. The van der Waals surface area contributed by atoms with E-state index < -0.39 is 28.2 Å². The number of halogens is 2. The van der Waals surface area contributed by atoms with Crippen LogP contribution in [0.1, 0.15) is 18.1 Å². The summed E-state index contributed by atoms with van der Waals surface area (Å²) in [7, 11) is 3.04. The van der Waals surface area contributed by atoms with Crippen molar-refractivity contribution in [2.24, 2.45) is 0 Å². The Morgan fingerprint density at radius 3 is 2.59 bits per heavy atom. The van der Waals surface area contributed by atoms with E-state index in [0.717, 1.165) is 16.7 Å². The Hall–Kier alpha value is -2.60. The van der Waals surface area contributed by atoms with Gasteiger partial charge in [0.15, 0.2) is 25.2 Å². The van der Waals surface area contributed by atoms with Crippen LogP contribution in [0.3, 0.4) is 0 Å². The Bertz CT molecular complexity index is 1050. The molecule has 2 heterocycles. The van der Waals surface area contributed by atoms with Gasteiger partial charge in [-0.1, -0.05) is 0 Å². The number of nitrogens with zero attached hydrogens (tertiary/aromatic N) is 3. The molecular formula is C17H15BBrFN4O4S. The highest BCUT2D eigenvalue weighted by atomic mass is 79.9. The Balaban J connectivity index is 2.01. The number of carbonyl (C=O) groups is 2. The molecule has 1 aromatic carbocycles. The third-order valence-electron chi connectivity index (χ3n) is 4.18. The minimum atomic E-state index is -1.04. The fourth-order valence-electron chi connectivity index (χ4n) is 2.46. The Morgan fingerprint density at radius 1 is 1.41 bits per heavy atom. The van der Waals surface area contributed by atoms with E-state index >= 15 is 0 Å². The predicted octanol–water partition coefficient (Wildman–Crippen LogP) is 2.22. The molecule has 3 rings (SSSR count). The molecule has 2 aromatic rings. The van der Waals surface area contributed by atoms with Crippen LogP contribution in [0.5, 0.6) is 11.5 Å². The molecule has 0 spiro atoms. The Labute approximate surface area is 178 Å². The molecule has 150 valence electrons. The normalized spacial score (nSPS) is 17.7. The number of nitrogens with two attached hydrogens (primary N) is 1. The SMILES string of the molecule is BC(C)(Oc1cc(/C=C2\SC(=O)N(C)C2=O)c(Br)c(F)c1O)c1cnc(N)nc1. The van der Waals surface area contributed by atoms with Crippen molar-refractivity contribution in [3.63, 3.8) is 0 Å². The number of aromatic hydroxyl groups is 1. The summed E-state index contributed by atoms with van der Waals surface area (Å²) in [4.78, 5) is 32.7. The number of anilines is 1. The zero-order valence-corrected chi connectivity index (χ0v) is 18.0. The summed E-state index contributed by atoms with van der Waals surface area (Å²) in [6.45, 7) is 1.68. The lowest BCUT2D eigenvalue weighted by Gasteiger charge is -2.27. The van der Waals surface area contributed by atoms with Crippen molar-refractivity contribution >= 4 is 58.7 Å². The molecule has 1 saturated heterocycles. The number of imide groups is 1. The van der Waals surface area contributed by atoms with E-state index in [9.17, 15) is 19.1 Å². The van der Waals surface area contributed by atoms with Crippen LogP contribution in [0.15, 0.2) is 27.8 Å². The molecule has 1 aliphatic rings. The van der Waals surface area contributed by atoms with Gasteiger partial charge in [0.25, 0.3) is 11.1 Å². The number of amides is 2. The maximum atomic E-state index is 14.6. The molecule has 0 aliphatic carbocycles. The zero-order valence-electron chi connectivity index (χ0n) is 15.6. The number of phenolic OH excluding ortho intramolecular Hbond substituents is 1. The van der Waals surface area contributed by atoms with Crippen molar-refractivity contribution < 1.29 is 23.8 Å². The first-order valence-electron chi connectivity index (χ1n) is 8.21. The van der Waals surface area contributed by atoms with E-state index in [1.54, 1.807) is 14.8 Å². The van der Waals surface area contributed by atoms with Crippen LogP contribution in [0.4, 0.5) is 15.1 Å². The van der Waals surface area contributed by atoms with Crippen molar-refractivity contribution in [1.82, 2.24) is 14.9 Å². The van der Waals surface area contributed by atoms with Crippen LogP contribution >= 0.6 is 27.7 Å². The summed E-state index contributed by atoms with van der Waals surface area (Å²) in [5, 5.41) is 9.78. The first-order chi connectivity index (χ1) is 13.5. The number of hydrogen-bond acceptors (Lipinski definition) is 8. The molecule has 1 aliphatic heterocycles. The van der Waals surface area contributed by atoms with Crippen LogP contribution in [0, 0.1) is 5.82 Å². The first kappa shape index (κ1) is 21.1. The molecule has 1 fully saturated rings. The van der Waals surface area contributed by atoms with Gasteiger partial charge >= 0.3 is 0 Å². The largest absolute Gasteiger partial charge is 0.502 e. The Kier molecular flexibility index (Phi) is 5.59. The molecule has 0 saturated carbocycles. The quantitative estimate of drug-likeness (QED) is 0.505. The summed E-state index contributed by atoms with van der Waals surface area (Å²) in [5.74, 6) is -2.23. The van der Waals surface area contributed by atoms with E-state index in [2.05, 4.69) is 25.9 Å². The van der Waals surface area contributed by atoms with Gasteiger partial charge < -0.3 is 15.6 Å². The van der Waals surface area contributed by atoms with Crippen LogP contribution in [0.2, 0.25) is 0 Å². The smallest absolute Gasteiger partial charge is 0.293 e. The molecule has 2 amide bonds. The molecule has 12 heteroatoms. The van der Waals surface area contributed by atoms with Gasteiger partial charge in [-0.25, -0.2) is 14.4 Å². The predicted molar refractivity (Wildman–Crippen MR) is 112 cm³/mol. The second-order valence-electron chi connectivity index (χ2n) is 6.62. The number of thioether (sulfide) groups is 1. The summed E-state index contributed by atoms with van der Waals surface area (Å²) in [6.07, 6.45) is 4.28. The third-order valence-corrected chi connectivity index (χ3v) is 5.95. The third kappa shape index (κ3) is 4.08. The molecule has 29 heavy (non-hydrogen) atoms. The molecular weight excluding hydrogens is 466 g/mol. The fourth-order valence-corrected chi connectivity index (χ4v) is 3.70. The van der Waals surface area contributed by atoms with Gasteiger partial charge in [0.05, 0.1) is 14.9 Å². The number of ether oxygens (including phenoxy) is 1. The number of hydrogen-bond donors (Lipinski definition) is 2. The summed E-state index contributed by atoms with van der Waals surface area (Å²) >= 11 is 3.80. The molecule has 0 bridgehead atoms. The van der Waals surface area contributed by atoms with Gasteiger partial charge in [-0.15, -0.1) is 0 Å². The van der Waals surface area contributed by atoms with Gasteiger partial charge in [-0.05, 0) is 52.3 Å². The lowest BCUT2D eigenvalue weighted by molar-refractivity contribution is -0.121. The molecule has 1 aromatic heterocycles. The molecule has 1 atom stereocenters. The topological polar surface area (TPSA) is 119 Å². The second-order valence-corrected chi connectivity index (χ2v) is 8.41. The minimum absolute atomic E-state index is 0.0705. The summed E-state index contributed by atoms with van der Waals surface area (Å²) in [6, 6.07) is 1.37. The number of aromatic nitrogens is 2. The number of carbonyl (C=O) groups excluding carboxylic acids is 2. The summed E-state index contributed by atoms with van der Waals surface area (Å²) < 4.78 is 20.4. The van der Waals surface area contributed by atoms with Gasteiger partial charge in [-0.2, -0.15) is 0 Å². The van der Waals surface area contributed by atoms with Crippen molar-refractivity contribution in [2.45, 2.75) is 12.4 Å². The maximum Gasteiger partial charge on any atom is 0.293 e. The number of rotatable bonds is 4. The first-order valence-corrected chi connectivity index (χ1v) is 9.81. The average molecular weight is 481 g/mol. The van der Waals surface area contributed by atoms with E-state index in [0.29, 0.717) is 5.56 Å². The van der Waals surface area contributed by atoms with Crippen molar-refractivity contribution in [3.8, 4) is 11.5 Å². The average Bonchev–Trinajstić information content (AvgIpc) is 2.90. The van der Waals surface area contributed by atoms with Crippen LogP contribution in [-0.4, -0.2) is 46.0 Å². The van der Waals surface area contributed by atoms with Gasteiger partial charge in [0.1, 0.15) is 0 Å². The van der Waals surface area contributed by atoms with Gasteiger partial charge in [0, 0.05) is 25.0 Å². The highest BCUT2D eigenvalue weighted by Gasteiger charge is 2.33. The maximum absolute atomic E-state index is 14.6. The Morgan fingerprint density at radius 2 is 2.03 bits per heavy atom.